The van der Waals surface area contributed by atoms with E-state index in [2.05, 4.69) is 134 Å². The van der Waals surface area contributed by atoms with Crippen LogP contribution < -0.4 is 4.90 Å². The number of rotatable bonds is 5. The standard InChI is InChI=1S/C53H37NO/c1-53(2)46-24-14-13-21-42(46)43-30-29-39(33-47(43)53)54(38-27-25-36(26-28-38)34-15-5-3-6-16-34)48-31-37(35-17-7-4-8-18-35)32-49-51(48)50-44-22-11-9-19-40(44)41-20-10-12-23-45(41)52(50)55-49/h3-33H,1-2H3/i4D,7D,8D,17D,18D. The SMILES string of the molecule is [2H]c1c([2H])c([2H])c(-c2cc(N(c3ccc(-c4ccccc4)cc3)c3ccc4c(c3)C(C)(C)c3ccccc3-4)c3c(c2)oc2c4ccccc4c4ccccc4c23)c([2H])c1[2H]. The second-order valence-corrected chi connectivity index (χ2v) is 14.9. The maximum absolute atomic E-state index is 9.09. The molecule has 10 aromatic rings. The Labute approximate surface area is 327 Å². The predicted molar refractivity (Wildman–Crippen MR) is 232 cm³/mol. The molecule has 0 radical (unpaired) electrons. The van der Waals surface area contributed by atoms with Gasteiger partial charge in [-0.2, -0.15) is 0 Å². The minimum atomic E-state index is -0.432. The number of anilines is 3. The summed E-state index contributed by atoms with van der Waals surface area (Å²) in [4.78, 5) is 2.24. The van der Waals surface area contributed by atoms with Gasteiger partial charge in [-0.1, -0.05) is 165 Å². The summed E-state index contributed by atoms with van der Waals surface area (Å²) in [5.74, 6) is 0. The summed E-state index contributed by atoms with van der Waals surface area (Å²) in [7, 11) is 0. The summed E-state index contributed by atoms with van der Waals surface area (Å²) in [6.07, 6.45) is 0. The molecule has 1 aliphatic rings. The third-order valence-electron chi connectivity index (χ3n) is 11.5. The Morgan fingerprint density at radius 3 is 1.87 bits per heavy atom. The average molecular weight is 709 g/mol. The first-order valence-corrected chi connectivity index (χ1v) is 18.7. The van der Waals surface area contributed by atoms with Crippen LogP contribution in [0.4, 0.5) is 17.1 Å². The molecular weight excluding hydrogens is 667 g/mol. The highest BCUT2D eigenvalue weighted by Crippen LogP contribution is 2.53. The van der Waals surface area contributed by atoms with Gasteiger partial charge < -0.3 is 9.32 Å². The summed E-state index contributed by atoms with van der Waals surface area (Å²) in [5, 5.41) is 5.97. The van der Waals surface area contributed by atoms with E-state index in [1.807, 2.05) is 42.5 Å². The molecule has 0 aliphatic heterocycles. The summed E-state index contributed by atoms with van der Waals surface area (Å²) < 4.78 is 50.9. The Kier molecular flexibility index (Phi) is 5.88. The molecule has 0 fully saturated rings. The molecule has 9 aromatic carbocycles. The molecule has 260 valence electrons. The van der Waals surface area contributed by atoms with Gasteiger partial charge in [0.05, 0.1) is 17.9 Å². The molecular formula is C53H37NO. The number of nitrogens with zero attached hydrogens (tertiary/aromatic N) is 1. The van der Waals surface area contributed by atoms with Gasteiger partial charge in [0.15, 0.2) is 0 Å². The lowest BCUT2D eigenvalue weighted by atomic mass is 9.82. The third kappa shape index (κ3) is 4.81. The number of benzene rings is 9. The maximum Gasteiger partial charge on any atom is 0.143 e. The molecule has 0 spiro atoms. The molecule has 11 rings (SSSR count). The molecule has 0 bridgehead atoms. The molecule has 2 nitrogen and oxygen atoms in total. The minimum Gasteiger partial charge on any atom is -0.455 e. The van der Waals surface area contributed by atoms with E-state index >= 15 is 0 Å². The van der Waals surface area contributed by atoms with E-state index in [0.29, 0.717) is 11.1 Å². The van der Waals surface area contributed by atoms with E-state index in [4.69, 9.17) is 11.3 Å². The zero-order valence-corrected chi connectivity index (χ0v) is 30.4. The maximum atomic E-state index is 9.09. The van der Waals surface area contributed by atoms with Gasteiger partial charge in [-0.05, 0) is 97.1 Å². The van der Waals surface area contributed by atoms with Gasteiger partial charge in [-0.3, -0.25) is 0 Å². The monoisotopic (exact) mass is 708 g/mol. The molecule has 0 atom stereocenters. The zero-order chi connectivity index (χ0) is 41.0. The van der Waals surface area contributed by atoms with Crippen LogP contribution in [0.3, 0.4) is 0 Å². The average Bonchev–Trinajstić information content (AvgIpc) is 3.78. The fourth-order valence-corrected chi connectivity index (χ4v) is 8.91. The van der Waals surface area contributed by atoms with Crippen LogP contribution >= 0.6 is 0 Å². The molecule has 1 heterocycles. The van der Waals surface area contributed by atoms with Gasteiger partial charge in [0.25, 0.3) is 0 Å². The molecule has 1 aliphatic carbocycles. The number of hydrogen-bond acceptors (Lipinski definition) is 2. The highest BCUT2D eigenvalue weighted by Gasteiger charge is 2.36. The Morgan fingerprint density at radius 1 is 0.473 bits per heavy atom. The van der Waals surface area contributed by atoms with Crippen molar-refractivity contribution >= 4 is 60.5 Å². The smallest absolute Gasteiger partial charge is 0.143 e. The fourth-order valence-electron chi connectivity index (χ4n) is 8.91. The van der Waals surface area contributed by atoms with Crippen molar-refractivity contribution in [3.8, 4) is 33.4 Å². The van der Waals surface area contributed by atoms with Gasteiger partial charge in [-0.25, -0.2) is 0 Å². The first kappa shape index (κ1) is 26.8. The van der Waals surface area contributed by atoms with Crippen molar-refractivity contribution in [3.63, 3.8) is 0 Å². The number of furan rings is 1. The van der Waals surface area contributed by atoms with Crippen LogP contribution in [0.1, 0.15) is 31.8 Å². The topological polar surface area (TPSA) is 16.4 Å². The fraction of sp³-hybridized carbons (Fsp3) is 0.0566. The van der Waals surface area contributed by atoms with Crippen LogP contribution in [0.5, 0.6) is 0 Å². The lowest BCUT2D eigenvalue weighted by Crippen LogP contribution is -2.16. The van der Waals surface area contributed by atoms with Crippen molar-refractivity contribution < 1.29 is 11.3 Å². The van der Waals surface area contributed by atoms with Crippen molar-refractivity contribution in [3.05, 3.63) is 199 Å². The summed E-state index contributed by atoms with van der Waals surface area (Å²) in [6.45, 7) is 4.55. The third-order valence-corrected chi connectivity index (χ3v) is 11.5. The first-order valence-electron chi connectivity index (χ1n) is 21.2. The van der Waals surface area contributed by atoms with Gasteiger partial charge in [0, 0.05) is 27.6 Å². The van der Waals surface area contributed by atoms with Crippen molar-refractivity contribution in [2.45, 2.75) is 19.3 Å². The lowest BCUT2D eigenvalue weighted by Gasteiger charge is -2.29. The van der Waals surface area contributed by atoms with Gasteiger partial charge in [0.2, 0.25) is 0 Å². The quantitative estimate of drug-likeness (QED) is 0.166. The Hall–Kier alpha value is -6.90. The second-order valence-electron chi connectivity index (χ2n) is 14.9. The van der Waals surface area contributed by atoms with E-state index in [1.54, 1.807) is 0 Å². The molecule has 0 saturated carbocycles. The highest BCUT2D eigenvalue weighted by molar-refractivity contribution is 6.32. The van der Waals surface area contributed by atoms with Crippen molar-refractivity contribution in [1.29, 1.82) is 0 Å². The normalized spacial score (nSPS) is 14.3. The highest BCUT2D eigenvalue weighted by atomic mass is 16.3. The second kappa shape index (κ2) is 12.1. The van der Waals surface area contributed by atoms with E-state index in [9.17, 15) is 0 Å². The van der Waals surface area contributed by atoms with Crippen LogP contribution in [0, 0.1) is 0 Å². The molecule has 0 amide bonds. The summed E-state index contributed by atoms with van der Waals surface area (Å²) in [5.41, 5.74) is 11.2. The zero-order valence-electron chi connectivity index (χ0n) is 35.4. The molecule has 0 unspecified atom stereocenters. The van der Waals surface area contributed by atoms with E-state index in [1.165, 1.54) is 22.3 Å². The van der Waals surface area contributed by atoms with Gasteiger partial charge >= 0.3 is 0 Å². The Morgan fingerprint density at radius 2 is 1.09 bits per heavy atom. The van der Waals surface area contributed by atoms with E-state index in [0.717, 1.165) is 66.1 Å². The molecule has 55 heavy (non-hydrogen) atoms. The predicted octanol–water partition coefficient (Wildman–Crippen LogP) is 15.0. The molecule has 0 N–H and O–H groups in total. The minimum absolute atomic E-state index is 0.115. The van der Waals surface area contributed by atoms with Crippen LogP contribution in [-0.2, 0) is 5.41 Å². The Bertz CT molecular complexity index is 3380. The van der Waals surface area contributed by atoms with Crippen LogP contribution in [0.2, 0.25) is 0 Å². The summed E-state index contributed by atoms with van der Waals surface area (Å²) in [6, 6.07) is 52.9. The van der Waals surface area contributed by atoms with Crippen molar-refractivity contribution in [1.82, 2.24) is 0 Å². The number of fused-ring (bicyclic) bond motifs is 11. The molecule has 0 saturated heterocycles. The van der Waals surface area contributed by atoms with E-state index < -0.39 is 6.04 Å². The van der Waals surface area contributed by atoms with Gasteiger partial charge in [0.1, 0.15) is 11.2 Å². The van der Waals surface area contributed by atoms with E-state index in [-0.39, 0.29) is 35.1 Å². The Balaban J connectivity index is 1.28. The summed E-state index contributed by atoms with van der Waals surface area (Å²) >= 11 is 0. The van der Waals surface area contributed by atoms with Crippen LogP contribution in [-0.4, -0.2) is 0 Å². The van der Waals surface area contributed by atoms with Crippen molar-refractivity contribution in [2.24, 2.45) is 0 Å². The molecule has 2 heteroatoms. The largest absolute Gasteiger partial charge is 0.455 e. The number of hydrogen-bond donors (Lipinski definition) is 0. The molecule has 1 aromatic heterocycles. The first-order chi connectivity index (χ1) is 29.1. The van der Waals surface area contributed by atoms with Crippen LogP contribution in [0.25, 0.3) is 76.9 Å². The van der Waals surface area contributed by atoms with Crippen LogP contribution in [0.15, 0.2) is 192 Å². The lowest BCUT2D eigenvalue weighted by molar-refractivity contribution is 0.660. The van der Waals surface area contributed by atoms with Gasteiger partial charge in [-0.15, -0.1) is 0 Å². The van der Waals surface area contributed by atoms with Crippen molar-refractivity contribution in [2.75, 3.05) is 4.90 Å².